The van der Waals surface area contributed by atoms with Gasteiger partial charge in [0.15, 0.2) is 0 Å². The molecular formula is C16H22N2O. The van der Waals surface area contributed by atoms with Gasteiger partial charge in [0.05, 0.1) is 0 Å². The summed E-state index contributed by atoms with van der Waals surface area (Å²) in [6.45, 7) is 4.02. The molecule has 0 radical (unpaired) electrons. The molecule has 1 aromatic rings. The molecule has 0 spiro atoms. The van der Waals surface area contributed by atoms with Crippen molar-refractivity contribution in [3.8, 4) is 0 Å². The highest BCUT2D eigenvalue weighted by Crippen LogP contribution is 2.20. The maximum atomic E-state index is 11.9. The highest BCUT2D eigenvalue weighted by atomic mass is 16.1. The van der Waals surface area contributed by atoms with Crippen molar-refractivity contribution in [1.29, 1.82) is 0 Å². The molecule has 0 bridgehead atoms. The Bertz CT molecular complexity index is 479. The Morgan fingerprint density at radius 2 is 2.32 bits per heavy atom. The number of hydrogen-bond donors (Lipinski definition) is 1. The van der Waals surface area contributed by atoms with Gasteiger partial charge in [-0.1, -0.05) is 17.7 Å². The summed E-state index contributed by atoms with van der Waals surface area (Å²) in [5.74, 6) is 0.133. The summed E-state index contributed by atoms with van der Waals surface area (Å²) < 4.78 is 0. The monoisotopic (exact) mass is 258 g/mol. The van der Waals surface area contributed by atoms with E-state index >= 15 is 0 Å². The van der Waals surface area contributed by atoms with E-state index in [1.807, 2.05) is 32.0 Å². The first kappa shape index (κ1) is 13.8. The molecule has 0 saturated carbocycles. The van der Waals surface area contributed by atoms with Crippen molar-refractivity contribution in [1.82, 2.24) is 10.3 Å². The number of allylic oxidation sites excluding steroid dienone is 1. The van der Waals surface area contributed by atoms with E-state index in [1.165, 1.54) is 12.0 Å². The molecule has 19 heavy (non-hydrogen) atoms. The van der Waals surface area contributed by atoms with Gasteiger partial charge in [-0.2, -0.15) is 0 Å². The first-order valence-electron chi connectivity index (χ1n) is 7.03. The Morgan fingerprint density at radius 3 is 3.00 bits per heavy atom. The third-order valence-corrected chi connectivity index (χ3v) is 3.39. The molecule has 1 amide bonds. The van der Waals surface area contributed by atoms with Crippen LogP contribution in [-0.4, -0.2) is 16.9 Å². The zero-order valence-electron chi connectivity index (χ0n) is 11.8. The second-order valence-electron chi connectivity index (χ2n) is 5.37. The van der Waals surface area contributed by atoms with Gasteiger partial charge in [0.2, 0.25) is 5.91 Å². The Balaban J connectivity index is 1.80. The fourth-order valence-electron chi connectivity index (χ4n) is 2.51. The summed E-state index contributed by atoms with van der Waals surface area (Å²) in [6.07, 6.45) is 6.96. The van der Waals surface area contributed by atoms with Gasteiger partial charge in [-0.25, -0.2) is 0 Å². The third-order valence-electron chi connectivity index (χ3n) is 3.39. The highest BCUT2D eigenvalue weighted by molar-refractivity contribution is 5.78. The smallest absolute Gasteiger partial charge is 0.224 e. The largest absolute Gasteiger partial charge is 0.353 e. The molecule has 1 heterocycles. The third kappa shape index (κ3) is 4.51. The number of carbonyl (C=O) groups is 1. The second-order valence-corrected chi connectivity index (χ2v) is 5.37. The first-order valence-corrected chi connectivity index (χ1v) is 7.03. The lowest BCUT2D eigenvalue weighted by Crippen LogP contribution is -2.34. The van der Waals surface area contributed by atoms with Crippen LogP contribution in [-0.2, 0) is 11.2 Å². The minimum atomic E-state index is 0.129. The van der Waals surface area contributed by atoms with Gasteiger partial charge in [0.25, 0.3) is 0 Å². The van der Waals surface area contributed by atoms with Crippen molar-refractivity contribution in [3.05, 3.63) is 41.2 Å². The minimum absolute atomic E-state index is 0.129. The molecule has 0 fully saturated rings. The van der Waals surface area contributed by atoms with Crippen LogP contribution >= 0.6 is 0 Å². The Morgan fingerprint density at radius 1 is 1.47 bits per heavy atom. The zero-order valence-corrected chi connectivity index (χ0v) is 11.8. The average molecular weight is 258 g/mol. The van der Waals surface area contributed by atoms with Gasteiger partial charge in [0.1, 0.15) is 0 Å². The molecule has 3 heteroatoms. The first-order chi connectivity index (χ1) is 9.13. The van der Waals surface area contributed by atoms with Crippen LogP contribution in [0.1, 0.15) is 44.0 Å². The number of amides is 1. The van der Waals surface area contributed by atoms with Crippen LogP contribution in [0.25, 0.3) is 0 Å². The molecular weight excluding hydrogens is 236 g/mol. The van der Waals surface area contributed by atoms with Crippen molar-refractivity contribution >= 4 is 5.91 Å². The standard InChI is InChI=1S/C16H22N2O/c1-12-6-5-9-15(17-12)10-13(2)18-16(19)11-14-7-3-4-8-14/h5-7,9,13H,3-4,8,10-11H2,1-2H3,(H,18,19)/t13-/m1/s1. The zero-order chi connectivity index (χ0) is 13.7. The molecule has 0 unspecified atom stereocenters. The van der Waals surface area contributed by atoms with E-state index in [-0.39, 0.29) is 11.9 Å². The Labute approximate surface area is 115 Å². The van der Waals surface area contributed by atoms with Crippen LogP contribution in [0.4, 0.5) is 0 Å². The van der Waals surface area contributed by atoms with E-state index in [4.69, 9.17) is 0 Å². The number of carbonyl (C=O) groups excluding carboxylic acids is 1. The topological polar surface area (TPSA) is 42.0 Å². The predicted octanol–water partition coefficient (Wildman–Crippen LogP) is 2.94. The van der Waals surface area contributed by atoms with Crippen molar-refractivity contribution < 1.29 is 4.79 Å². The number of pyridine rings is 1. The summed E-state index contributed by atoms with van der Waals surface area (Å²) in [5, 5.41) is 3.05. The van der Waals surface area contributed by atoms with E-state index in [0.29, 0.717) is 6.42 Å². The lowest BCUT2D eigenvalue weighted by atomic mass is 10.1. The molecule has 102 valence electrons. The number of rotatable bonds is 5. The van der Waals surface area contributed by atoms with Crippen LogP contribution in [0.15, 0.2) is 29.8 Å². The molecule has 1 N–H and O–H groups in total. The van der Waals surface area contributed by atoms with E-state index in [2.05, 4.69) is 16.4 Å². The Kier molecular flexibility index (Phi) is 4.72. The molecule has 0 aliphatic heterocycles. The van der Waals surface area contributed by atoms with Gasteiger partial charge in [-0.05, 0) is 45.2 Å². The summed E-state index contributed by atoms with van der Waals surface area (Å²) in [4.78, 5) is 16.4. The quantitative estimate of drug-likeness (QED) is 0.825. The average Bonchev–Trinajstić information content (AvgIpc) is 2.81. The highest BCUT2D eigenvalue weighted by Gasteiger charge is 2.12. The number of nitrogens with one attached hydrogen (secondary N) is 1. The van der Waals surface area contributed by atoms with Crippen LogP contribution in [0, 0.1) is 6.92 Å². The van der Waals surface area contributed by atoms with Gasteiger partial charge < -0.3 is 5.32 Å². The Hall–Kier alpha value is -1.64. The van der Waals surface area contributed by atoms with Crippen molar-refractivity contribution in [2.24, 2.45) is 0 Å². The van der Waals surface area contributed by atoms with Crippen molar-refractivity contribution in [2.75, 3.05) is 0 Å². The fourth-order valence-corrected chi connectivity index (χ4v) is 2.51. The SMILES string of the molecule is Cc1cccc(C[C@@H](C)NC(=O)CC2=CCCC2)n1. The molecule has 0 saturated heterocycles. The van der Waals surface area contributed by atoms with E-state index in [0.717, 1.165) is 30.7 Å². The lowest BCUT2D eigenvalue weighted by molar-refractivity contribution is -0.121. The number of nitrogens with zero attached hydrogens (tertiary/aromatic N) is 1. The van der Waals surface area contributed by atoms with Gasteiger partial charge in [-0.15, -0.1) is 0 Å². The summed E-state index contributed by atoms with van der Waals surface area (Å²) in [5.41, 5.74) is 3.35. The normalized spacial score (nSPS) is 16.0. The molecule has 2 rings (SSSR count). The molecule has 1 aromatic heterocycles. The van der Waals surface area contributed by atoms with Gasteiger partial charge in [-0.3, -0.25) is 9.78 Å². The van der Waals surface area contributed by atoms with Crippen LogP contribution < -0.4 is 5.32 Å². The van der Waals surface area contributed by atoms with E-state index in [9.17, 15) is 4.79 Å². The van der Waals surface area contributed by atoms with E-state index in [1.54, 1.807) is 0 Å². The number of aryl methyl sites for hydroxylation is 1. The van der Waals surface area contributed by atoms with E-state index < -0.39 is 0 Å². The molecule has 1 atom stereocenters. The number of aromatic nitrogens is 1. The summed E-state index contributed by atoms with van der Waals surface area (Å²) >= 11 is 0. The number of hydrogen-bond acceptors (Lipinski definition) is 2. The lowest BCUT2D eigenvalue weighted by Gasteiger charge is -2.14. The van der Waals surface area contributed by atoms with Crippen LogP contribution in [0.5, 0.6) is 0 Å². The predicted molar refractivity (Wildman–Crippen MR) is 76.8 cm³/mol. The molecule has 3 nitrogen and oxygen atoms in total. The maximum absolute atomic E-state index is 11.9. The van der Waals surface area contributed by atoms with Gasteiger partial charge in [0, 0.05) is 30.3 Å². The minimum Gasteiger partial charge on any atom is -0.353 e. The van der Waals surface area contributed by atoms with Crippen molar-refractivity contribution in [3.63, 3.8) is 0 Å². The molecule has 1 aliphatic rings. The second kappa shape index (κ2) is 6.50. The molecule has 0 aromatic carbocycles. The molecule has 1 aliphatic carbocycles. The fraction of sp³-hybridized carbons (Fsp3) is 0.500. The summed E-state index contributed by atoms with van der Waals surface area (Å²) in [6, 6.07) is 6.13. The van der Waals surface area contributed by atoms with Gasteiger partial charge >= 0.3 is 0 Å². The van der Waals surface area contributed by atoms with Crippen LogP contribution in [0.2, 0.25) is 0 Å². The maximum Gasteiger partial charge on any atom is 0.224 e. The van der Waals surface area contributed by atoms with Crippen LogP contribution in [0.3, 0.4) is 0 Å². The van der Waals surface area contributed by atoms with Crippen molar-refractivity contribution in [2.45, 2.75) is 52.0 Å². The summed E-state index contributed by atoms with van der Waals surface area (Å²) in [7, 11) is 0.